The molecule has 21 heavy (non-hydrogen) atoms. The summed E-state index contributed by atoms with van der Waals surface area (Å²) in [5, 5.41) is 0. The third-order valence-electron chi connectivity index (χ3n) is 3.94. The second-order valence-corrected chi connectivity index (χ2v) is 7.68. The molecule has 1 aromatic carbocycles. The molecule has 0 amide bonds. The number of halogens is 2. The summed E-state index contributed by atoms with van der Waals surface area (Å²) in [5.74, 6) is -0.418. The molecule has 0 spiro atoms. The van der Waals surface area contributed by atoms with Crippen molar-refractivity contribution in [3.8, 4) is 0 Å². The maximum Gasteiger partial charge on any atom is 0.243 e. The van der Waals surface area contributed by atoms with E-state index in [1.165, 1.54) is 23.4 Å². The maximum absolute atomic E-state index is 13.9. The molecule has 1 aromatic rings. The molecule has 1 aliphatic rings. The van der Waals surface area contributed by atoms with E-state index < -0.39 is 15.8 Å². The van der Waals surface area contributed by atoms with Crippen molar-refractivity contribution in [2.24, 2.45) is 0 Å². The molecular formula is C15H21ClFNO2S. The van der Waals surface area contributed by atoms with E-state index in [4.69, 9.17) is 11.6 Å². The number of rotatable bonds is 3. The molecule has 118 valence electrons. The highest BCUT2D eigenvalue weighted by Crippen LogP contribution is 2.26. The minimum Gasteiger partial charge on any atom is -0.207 e. The SMILES string of the molecule is Cc1c(F)cc(CCl)cc1S(=O)(=O)N1CCCCCCC1. The van der Waals surface area contributed by atoms with Crippen molar-refractivity contribution >= 4 is 21.6 Å². The van der Waals surface area contributed by atoms with Crippen molar-refractivity contribution in [3.05, 3.63) is 29.1 Å². The van der Waals surface area contributed by atoms with Gasteiger partial charge in [-0.2, -0.15) is 4.31 Å². The van der Waals surface area contributed by atoms with Gasteiger partial charge in [-0.1, -0.05) is 19.3 Å². The summed E-state index contributed by atoms with van der Waals surface area (Å²) in [6, 6.07) is 2.80. The van der Waals surface area contributed by atoms with E-state index in [2.05, 4.69) is 0 Å². The first-order valence-electron chi connectivity index (χ1n) is 7.32. The Balaban J connectivity index is 2.40. The molecule has 1 saturated heterocycles. The monoisotopic (exact) mass is 333 g/mol. The molecule has 6 heteroatoms. The number of hydrogen-bond donors (Lipinski definition) is 0. The molecule has 0 unspecified atom stereocenters. The van der Waals surface area contributed by atoms with Gasteiger partial charge in [-0.25, -0.2) is 12.8 Å². The Morgan fingerprint density at radius 2 is 1.71 bits per heavy atom. The molecule has 1 fully saturated rings. The van der Waals surface area contributed by atoms with E-state index in [1.807, 2.05) is 0 Å². The first-order valence-corrected chi connectivity index (χ1v) is 9.29. The molecule has 2 rings (SSSR count). The number of sulfonamides is 1. The molecule has 1 heterocycles. The highest BCUT2D eigenvalue weighted by molar-refractivity contribution is 7.89. The highest BCUT2D eigenvalue weighted by Gasteiger charge is 2.27. The molecule has 0 bridgehead atoms. The first-order chi connectivity index (χ1) is 9.96. The lowest BCUT2D eigenvalue weighted by atomic mass is 10.1. The summed E-state index contributed by atoms with van der Waals surface area (Å²) in [7, 11) is -3.65. The van der Waals surface area contributed by atoms with Crippen LogP contribution in [0.2, 0.25) is 0 Å². The molecule has 1 aliphatic heterocycles. The van der Waals surface area contributed by atoms with Gasteiger partial charge in [0.05, 0.1) is 4.90 Å². The predicted octanol–water partition coefficient (Wildman–Crippen LogP) is 3.83. The molecule has 0 atom stereocenters. The van der Waals surface area contributed by atoms with Gasteiger partial charge >= 0.3 is 0 Å². The molecule has 0 radical (unpaired) electrons. The summed E-state index contributed by atoms with van der Waals surface area (Å²) >= 11 is 5.73. The van der Waals surface area contributed by atoms with Gasteiger partial charge < -0.3 is 0 Å². The maximum atomic E-state index is 13.9. The van der Waals surface area contributed by atoms with Crippen LogP contribution < -0.4 is 0 Å². The third-order valence-corrected chi connectivity index (χ3v) is 6.28. The summed E-state index contributed by atoms with van der Waals surface area (Å²) in [6.07, 6.45) is 4.96. The number of hydrogen-bond acceptors (Lipinski definition) is 2. The normalized spacial score (nSPS) is 18.2. The topological polar surface area (TPSA) is 37.4 Å². The van der Waals surface area contributed by atoms with Crippen LogP contribution in [0.3, 0.4) is 0 Å². The summed E-state index contributed by atoms with van der Waals surface area (Å²) in [5.41, 5.74) is 0.663. The Bertz CT molecular complexity index is 596. The van der Waals surface area contributed by atoms with Gasteiger partial charge in [0.25, 0.3) is 0 Å². The summed E-state index contributed by atoms with van der Waals surface area (Å²) < 4.78 is 41.0. The lowest BCUT2D eigenvalue weighted by Crippen LogP contribution is -2.34. The van der Waals surface area contributed by atoms with E-state index in [9.17, 15) is 12.8 Å². The van der Waals surface area contributed by atoms with Crippen molar-refractivity contribution in [2.45, 2.75) is 49.8 Å². The number of nitrogens with zero attached hydrogens (tertiary/aromatic N) is 1. The van der Waals surface area contributed by atoms with Crippen LogP contribution in [-0.4, -0.2) is 25.8 Å². The Hall–Kier alpha value is -0.650. The quantitative estimate of drug-likeness (QED) is 0.788. The van der Waals surface area contributed by atoms with Gasteiger partial charge in [0, 0.05) is 24.5 Å². The number of alkyl halides is 1. The molecule has 3 nitrogen and oxygen atoms in total. The Kier molecular flexibility index (Phi) is 5.63. The van der Waals surface area contributed by atoms with Crippen LogP contribution in [0, 0.1) is 12.7 Å². The zero-order valence-corrected chi connectivity index (χ0v) is 13.8. The average molecular weight is 334 g/mol. The van der Waals surface area contributed by atoms with E-state index in [0.717, 1.165) is 32.1 Å². The first kappa shape index (κ1) is 16.7. The van der Waals surface area contributed by atoms with Crippen molar-refractivity contribution in [1.82, 2.24) is 4.31 Å². The lowest BCUT2D eigenvalue weighted by Gasteiger charge is -2.25. The average Bonchev–Trinajstić information content (AvgIpc) is 2.40. The van der Waals surface area contributed by atoms with Gasteiger partial charge in [-0.05, 0) is 37.5 Å². The van der Waals surface area contributed by atoms with Gasteiger partial charge in [-0.15, -0.1) is 11.6 Å². The molecular weight excluding hydrogens is 313 g/mol. The fourth-order valence-corrected chi connectivity index (χ4v) is 4.61. The van der Waals surface area contributed by atoms with Crippen LogP contribution in [0.5, 0.6) is 0 Å². The fraction of sp³-hybridized carbons (Fsp3) is 0.600. The number of benzene rings is 1. The Labute approximate surface area is 131 Å². The van der Waals surface area contributed by atoms with E-state index in [0.29, 0.717) is 18.7 Å². The molecule has 0 N–H and O–H groups in total. The Morgan fingerprint density at radius 3 is 2.29 bits per heavy atom. The van der Waals surface area contributed by atoms with E-state index in [-0.39, 0.29) is 16.3 Å². The second kappa shape index (κ2) is 7.07. The van der Waals surface area contributed by atoms with Crippen molar-refractivity contribution < 1.29 is 12.8 Å². The summed E-state index contributed by atoms with van der Waals surface area (Å²) in [4.78, 5) is 0.0544. The van der Waals surface area contributed by atoms with Gasteiger partial charge in [0.1, 0.15) is 5.82 Å². The second-order valence-electron chi connectivity index (χ2n) is 5.51. The van der Waals surface area contributed by atoms with E-state index >= 15 is 0 Å². The largest absolute Gasteiger partial charge is 0.243 e. The van der Waals surface area contributed by atoms with Crippen molar-refractivity contribution in [3.63, 3.8) is 0 Å². The zero-order valence-electron chi connectivity index (χ0n) is 12.2. The zero-order chi connectivity index (χ0) is 15.5. The van der Waals surface area contributed by atoms with Crippen LogP contribution >= 0.6 is 11.6 Å². The van der Waals surface area contributed by atoms with Crippen LogP contribution in [0.1, 0.15) is 43.2 Å². The molecule has 0 aromatic heterocycles. The van der Waals surface area contributed by atoms with Gasteiger partial charge in [0.2, 0.25) is 10.0 Å². The predicted molar refractivity (Wildman–Crippen MR) is 82.5 cm³/mol. The highest BCUT2D eigenvalue weighted by atomic mass is 35.5. The van der Waals surface area contributed by atoms with Crippen LogP contribution in [-0.2, 0) is 15.9 Å². The molecule has 0 saturated carbocycles. The van der Waals surface area contributed by atoms with Crippen molar-refractivity contribution in [1.29, 1.82) is 0 Å². The van der Waals surface area contributed by atoms with E-state index in [1.54, 1.807) is 0 Å². The Morgan fingerprint density at radius 1 is 1.14 bits per heavy atom. The smallest absolute Gasteiger partial charge is 0.207 e. The van der Waals surface area contributed by atoms with Crippen molar-refractivity contribution in [2.75, 3.05) is 13.1 Å². The standard InChI is InChI=1S/C15H21ClFNO2S/c1-12-14(17)9-13(11-16)10-15(12)21(19,20)18-7-5-3-2-4-6-8-18/h9-10H,2-8,11H2,1H3. The third kappa shape index (κ3) is 3.76. The molecule has 0 aliphatic carbocycles. The minimum absolute atomic E-state index is 0.0544. The van der Waals surface area contributed by atoms with Gasteiger partial charge in [-0.3, -0.25) is 0 Å². The minimum atomic E-state index is -3.65. The fourth-order valence-electron chi connectivity index (χ4n) is 2.65. The van der Waals surface area contributed by atoms with Crippen LogP contribution in [0.15, 0.2) is 17.0 Å². The van der Waals surface area contributed by atoms with Crippen LogP contribution in [0.25, 0.3) is 0 Å². The van der Waals surface area contributed by atoms with Crippen LogP contribution in [0.4, 0.5) is 4.39 Å². The summed E-state index contributed by atoms with van der Waals surface area (Å²) in [6.45, 7) is 2.52. The lowest BCUT2D eigenvalue weighted by molar-refractivity contribution is 0.363. The van der Waals surface area contributed by atoms with Gasteiger partial charge in [0.15, 0.2) is 0 Å².